The summed E-state index contributed by atoms with van der Waals surface area (Å²) >= 11 is 0. The van der Waals surface area contributed by atoms with Gasteiger partial charge in [-0.25, -0.2) is 14.4 Å². The minimum Gasteiger partial charge on any atom is -0.309 e. The lowest BCUT2D eigenvalue weighted by Gasteiger charge is -2.14. The molecule has 11 rings (SSSR count). The molecule has 1 atom stereocenters. The van der Waals surface area contributed by atoms with Gasteiger partial charge in [-0.3, -0.25) is 8.97 Å². The van der Waals surface area contributed by atoms with Crippen molar-refractivity contribution in [3.63, 3.8) is 0 Å². The van der Waals surface area contributed by atoms with Crippen LogP contribution in [0.15, 0.2) is 164 Å². The lowest BCUT2D eigenvalue weighted by Crippen LogP contribution is -2.00. The van der Waals surface area contributed by atoms with E-state index in [-0.39, 0.29) is 0 Å². The second-order valence-electron chi connectivity index (χ2n) is 13.2. The summed E-state index contributed by atoms with van der Waals surface area (Å²) in [5.74, 6) is 0. The average Bonchev–Trinajstić information content (AvgIpc) is 3.91. The molecule has 5 heterocycles. The zero-order valence-electron chi connectivity index (χ0n) is 27.3. The van der Waals surface area contributed by atoms with Gasteiger partial charge >= 0.3 is 0 Å². The van der Waals surface area contributed by atoms with Gasteiger partial charge in [0.05, 0.1) is 22.1 Å². The van der Waals surface area contributed by atoms with Gasteiger partial charge < -0.3 is 4.57 Å². The number of imidazole rings is 1. The first kappa shape index (κ1) is 28.1. The molecule has 0 aliphatic carbocycles. The van der Waals surface area contributed by atoms with Crippen LogP contribution in [-0.4, -0.2) is 23.5 Å². The minimum atomic E-state index is -1.34. The highest BCUT2D eigenvalue weighted by Crippen LogP contribution is 2.42. The second-order valence-corrected chi connectivity index (χ2v) is 13.2. The highest BCUT2D eigenvalue weighted by molar-refractivity contribution is 6.28. The predicted molar refractivity (Wildman–Crippen MR) is 206 cm³/mol. The number of pyridine rings is 2. The van der Waals surface area contributed by atoms with Crippen molar-refractivity contribution in [1.82, 2.24) is 23.5 Å². The smallest absolute Gasteiger partial charge is 0.150 e. The van der Waals surface area contributed by atoms with E-state index >= 15 is 4.39 Å². The summed E-state index contributed by atoms with van der Waals surface area (Å²) in [7, 11) is 0. The van der Waals surface area contributed by atoms with Crippen LogP contribution in [-0.2, 0) is 0 Å². The zero-order valence-corrected chi connectivity index (χ0v) is 27.3. The van der Waals surface area contributed by atoms with Gasteiger partial charge in [-0.15, -0.1) is 0 Å². The van der Waals surface area contributed by atoms with E-state index in [4.69, 9.17) is 4.98 Å². The summed E-state index contributed by atoms with van der Waals surface area (Å²) in [5.41, 5.74) is 9.20. The third-order valence-corrected chi connectivity index (χ3v) is 10.4. The molecule has 0 spiro atoms. The summed E-state index contributed by atoms with van der Waals surface area (Å²) < 4.78 is 23.4. The van der Waals surface area contributed by atoms with Crippen LogP contribution in [0.4, 0.5) is 4.39 Å². The molecule has 0 saturated carbocycles. The molecule has 51 heavy (non-hydrogen) atoms. The van der Waals surface area contributed by atoms with E-state index in [9.17, 15) is 0 Å². The highest BCUT2D eigenvalue weighted by atomic mass is 19.1. The molecular weight excluding hydrogens is 630 g/mol. The number of aromatic nitrogens is 5. The topological polar surface area (TPSA) is 40.0 Å². The zero-order chi connectivity index (χ0) is 33.6. The van der Waals surface area contributed by atoms with Crippen molar-refractivity contribution in [3.8, 4) is 11.4 Å². The summed E-state index contributed by atoms with van der Waals surface area (Å²) in [4.78, 5) is 9.58. The average molecular weight is 658 g/mol. The maximum Gasteiger partial charge on any atom is 0.150 e. The second kappa shape index (κ2) is 10.6. The van der Waals surface area contributed by atoms with Gasteiger partial charge in [-0.1, -0.05) is 78.9 Å². The molecule has 0 fully saturated rings. The van der Waals surface area contributed by atoms with Crippen LogP contribution in [0, 0.1) is 0 Å². The van der Waals surface area contributed by atoms with E-state index in [0.717, 1.165) is 71.7 Å². The molecule has 6 aromatic carbocycles. The normalized spacial score (nSPS) is 12.7. The van der Waals surface area contributed by atoms with Gasteiger partial charge in [0, 0.05) is 62.3 Å². The van der Waals surface area contributed by atoms with Crippen LogP contribution >= 0.6 is 0 Å². The Kier molecular flexibility index (Phi) is 5.84. The van der Waals surface area contributed by atoms with Crippen LogP contribution in [0.25, 0.3) is 82.4 Å². The number of benzene rings is 6. The Morgan fingerprint density at radius 3 is 2.00 bits per heavy atom. The fourth-order valence-electron chi connectivity index (χ4n) is 8.27. The molecule has 0 aliphatic heterocycles. The van der Waals surface area contributed by atoms with Gasteiger partial charge in [0.15, 0.2) is 6.17 Å². The van der Waals surface area contributed by atoms with Gasteiger partial charge in [-0.05, 0) is 83.2 Å². The SMILES string of the molecule is FC(c1cccc(-n2c3ccc4c(c5ccccc5n4-c4ccccc4)c3c3cccnc32)c1)c1ccc2c3ccccc3n3ccnc3c2c1. The Balaban J connectivity index is 1.11. The molecule has 0 aliphatic rings. The molecule has 0 bridgehead atoms. The molecule has 11 aromatic rings. The quantitative estimate of drug-likeness (QED) is 0.177. The number of hydrogen-bond donors (Lipinski definition) is 0. The molecule has 1 unspecified atom stereocenters. The number of halogens is 1. The monoisotopic (exact) mass is 657 g/mol. The molecular formula is C45H28FN5. The van der Waals surface area contributed by atoms with Crippen LogP contribution in [0.5, 0.6) is 0 Å². The van der Waals surface area contributed by atoms with Gasteiger partial charge in [0.25, 0.3) is 0 Å². The maximum atomic E-state index is 16.8. The molecule has 5 aromatic heterocycles. The Bertz CT molecular complexity index is 3170. The molecule has 240 valence electrons. The van der Waals surface area contributed by atoms with Crippen molar-refractivity contribution in [1.29, 1.82) is 0 Å². The Morgan fingerprint density at radius 1 is 0.431 bits per heavy atom. The van der Waals surface area contributed by atoms with Crippen LogP contribution < -0.4 is 0 Å². The van der Waals surface area contributed by atoms with E-state index < -0.39 is 6.17 Å². The van der Waals surface area contributed by atoms with Crippen molar-refractivity contribution in [2.75, 3.05) is 0 Å². The van der Waals surface area contributed by atoms with E-state index in [2.05, 4.69) is 97.4 Å². The molecule has 0 amide bonds. The summed E-state index contributed by atoms with van der Waals surface area (Å²) in [6.45, 7) is 0. The van der Waals surface area contributed by atoms with E-state index in [0.29, 0.717) is 11.1 Å². The molecule has 6 heteroatoms. The maximum absolute atomic E-state index is 16.8. The fourth-order valence-corrected chi connectivity index (χ4v) is 8.27. The molecule has 0 N–H and O–H groups in total. The third kappa shape index (κ3) is 3.96. The lowest BCUT2D eigenvalue weighted by molar-refractivity contribution is 0.402. The van der Waals surface area contributed by atoms with Gasteiger partial charge in [0.1, 0.15) is 11.3 Å². The summed E-state index contributed by atoms with van der Waals surface area (Å²) in [6.07, 6.45) is 4.26. The number of alkyl halides is 1. The van der Waals surface area contributed by atoms with E-state index in [1.54, 1.807) is 6.20 Å². The van der Waals surface area contributed by atoms with Crippen molar-refractivity contribution < 1.29 is 4.39 Å². The molecule has 5 nitrogen and oxygen atoms in total. The summed E-state index contributed by atoms with van der Waals surface area (Å²) in [5, 5.41) is 7.65. The van der Waals surface area contributed by atoms with Crippen molar-refractivity contribution in [2.45, 2.75) is 6.17 Å². The Hall–Kier alpha value is -6.79. The first-order valence-electron chi connectivity index (χ1n) is 17.1. The van der Waals surface area contributed by atoms with Crippen LogP contribution in [0.1, 0.15) is 17.3 Å². The first-order chi connectivity index (χ1) is 25.2. The Morgan fingerprint density at radius 2 is 1.12 bits per heavy atom. The standard InChI is InChI=1S/C45H28FN5/c46-43(29-19-20-32-33-14-4-6-17-37(33)49-25-24-48-44(49)36(32)27-29)28-10-8-13-31(26-28)51-40-22-21-39-41(42(40)35-16-9-23-47-45(35)51)34-15-5-7-18-38(34)50(39)30-11-2-1-3-12-30/h1-27,43H. The number of nitrogens with zero attached hydrogens (tertiary/aromatic N) is 5. The minimum absolute atomic E-state index is 0.583. The van der Waals surface area contributed by atoms with Gasteiger partial charge in [-0.2, -0.15) is 0 Å². The fraction of sp³-hybridized carbons (Fsp3) is 0.0222. The van der Waals surface area contributed by atoms with Crippen molar-refractivity contribution >= 4 is 71.1 Å². The van der Waals surface area contributed by atoms with Crippen LogP contribution in [0.3, 0.4) is 0 Å². The number of para-hydroxylation sites is 3. The Labute approximate surface area is 291 Å². The number of fused-ring (bicyclic) bond motifs is 13. The van der Waals surface area contributed by atoms with Crippen molar-refractivity contribution in [3.05, 3.63) is 175 Å². The summed E-state index contributed by atoms with van der Waals surface area (Å²) in [6, 6.07) is 49.6. The van der Waals surface area contributed by atoms with E-state index in [1.807, 2.05) is 79.1 Å². The van der Waals surface area contributed by atoms with Crippen molar-refractivity contribution in [2.24, 2.45) is 0 Å². The van der Waals surface area contributed by atoms with E-state index in [1.165, 1.54) is 10.8 Å². The van der Waals surface area contributed by atoms with Crippen LogP contribution in [0.2, 0.25) is 0 Å². The number of rotatable bonds is 4. The largest absolute Gasteiger partial charge is 0.309 e. The predicted octanol–water partition coefficient (Wildman–Crippen LogP) is 11.3. The molecule has 0 radical (unpaired) electrons. The first-order valence-corrected chi connectivity index (χ1v) is 17.1. The lowest BCUT2D eigenvalue weighted by atomic mass is 9.98. The van der Waals surface area contributed by atoms with Gasteiger partial charge in [0.2, 0.25) is 0 Å². The highest BCUT2D eigenvalue weighted by Gasteiger charge is 2.22. The molecule has 0 saturated heterocycles. The third-order valence-electron chi connectivity index (χ3n) is 10.4. The number of hydrogen-bond acceptors (Lipinski definition) is 2.